The first-order valence-corrected chi connectivity index (χ1v) is 4.28. The van der Waals surface area contributed by atoms with E-state index < -0.39 is 6.17 Å². The van der Waals surface area contributed by atoms with Crippen molar-refractivity contribution in [3.8, 4) is 0 Å². The van der Waals surface area contributed by atoms with E-state index in [4.69, 9.17) is 6.57 Å². The van der Waals surface area contributed by atoms with Gasteiger partial charge in [-0.1, -0.05) is 29.8 Å². The zero-order valence-electron chi connectivity index (χ0n) is 7.63. The van der Waals surface area contributed by atoms with Gasteiger partial charge in [-0.05, 0) is 12.5 Å². The Balaban J connectivity index is 2.62. The maximum atomic E-state index is 13.3. The van der Waals surface area contributed by atoms with Crippen molar-refractivity contribution in [3.05, 3.63) is 46.8 Å². The van der Waals surface area contributed by atoms with Crippen molar-refractivity contribution in [2.24, 2.45) is 0 Å². The topological polar surface area (TPSA) is 4.36 Å². The lowest BCUT2D eigenvalue weighted by Crippen LogP contribution is -1.93. The largest absolute Gasteiger partial charge is 0.317 e. The van der Waals surface area contributed by atoms with Gasteiger partial charge in [0, 0.05) is 0 Å². The zero-order valence-corrected chi connectivity index (χ0v) is 7.63. The molecule has 0 aliphatic carbocycles. The zero-order chi connectivity index (χ0) is 9.68. The first-order valence-electron chi connectivity index (χ1n) is 4.28. The van der Waals surface area contributed by atoms with Gasteiger partial charge in [-0.2, -0.15) is 0 Å². The normalized spacial score (nSPS) is 12.1. The number of rotatable bonds is 3. The van der Waals surface area contributed by atoms with E-state index in [2.05, 4.69) is 4.85 Å². The molecule has 0 aliphatic heterocycles. The molecule has 0 saturated carbocycles. The molecule has 0 aromatic heterocycles. The van der Waals surface area contributed by atoms with Gasteiger partial charge in [0.1, 0.15) is 6.17 Å². The monoisotopic (exact) mass is 177 g/mol. The smallest absolute Gasteiger partial charge is 0.217 e. The highest BCUT2D eigenvalue weighted by Crippen LogP contribution is 2.21. The summed E-state index contributed by atoms with van der Waals surface area (Å²) in [6.07, 6.45) is -0.693. The lowest BCUT2D eigenvalue weighted by molar-refractivity contribution is 0.332. The molecule has 1 unspecified atom stereocenters. The summed E-state index contributed by atoms with van der Waals surface area (Å²) < 4.78 is 13.3. The molecule has 0 spiro atoms. The first kappa shape index (κ1) is 9.73. The van der Waals surface area contributed by atoms with Crippen LogP contribution in [0.4, 0.5) is 4.39 Å². The summed E-state index contributed by atoms with van der Waals surface area (Å²) in [5.74, 6) is 0. The minimum Gasteiger partial charge on any atom is -0.317 e. The van der Waals surface area contributed by atoms with Gasteiger partial charge >= 0.3 is 0 Å². The van der Waals surface area contributed by atoms with Crippen molar-refractivity contribution in [2.75, 3.05) is 6.54 Å². The van der Waals surface area contributed by atoms with Crippen LogP contribution in [0, 0.1) is 13.5 Å². The molecule has 0 saturated heterocycles. The summed E-state index contributed by atoms with van der Waals surface area (Å²) in [6, 6.07) is 7.34. The van der Waals surface area contributed by atoms with Crippen molar-refractivity contribution in [3.63, 3.8) is 0 Å². The summed E-state index contributed by atoms with van der Waals surface area (Å²) in [7, 11) is 0. The van der Waals surface area contributed by atoms with E-state index in [0.717, 1.165) is 5.56 Å². The van der Waals surface area contributed by atoms with E-state index in [9.17, 15) is 4.39 Å². The molecule has 0 amide bonds. The Morgan fingerprint density at radius 1 is 1.38 bits per heavy atom. The third-order valence-corrected chi connectivity index (χ3v) is 1.93. The molecule has 0 aliphatic rings. The molecule has 13 heavy (non-hydrogen) atoms. The minimum atomic E-state index is -0.991. The van der Waals surface area contributed by atoms with Gasteiger partial charge in [0.25, 0.3) is 0 Å². The number of alkyl halides is 1. The van der Waals surface area contributed by atoms with Crippen molar-refractivity contribution in [1.29, 1.82) is 0 Å². The third kappa shape index (κ3) is 2.87. The Bertz CT molecular complexity index is 297. The van der Waals surface area contributed by atoms with Gasteiger partial charge in [0.15, 0.2) is 0 Å². The number of hydrogen-bond donors (Lipinski definition) is 0. The Morgan fingerprint density at radius 2 is 2.00 bits per heavy atom. The minimum absolute atomic E-state index is 0.259. The summed E-state index contributed by atoms with van der Waals surface area (Å²) in [4.78, 5) is 3.13. The van der Waals surface area contributed by atoms with Crippen LogP contribution in [0.1, 0.15) is 23.7 Å². The maximum absolute atomic E-state index is 13.3. The first-order chi connectivity index (χ1) is 6.24. The van der Waals surface area contributed by atoms with Crippen LogP contribution < -0.4 is 0 Å². The number of nitrogens with zero attached hydrogens (tertiary/aromatic N) is 1. The van der Waals surface area contributed by atoms with Crippen LogP contribution in [0.3, 0.4) is 0 Å². The Morgan fingerprint density at radius 3 is 2.54 bits per heavy atom. The molecule has 1 atom stereocenters. The Kier molecular flexibility index (Phi) is 3.45. The highest BCUT2D eigenvalue weighted by molar-refractivity contribution is 5.23. The van der Waals surface area contributed by atoms with Gasteiger partial charge in [0.05, 0.1) is 6.42 Å². The van der Waals surface area contributed by atoms with Gasteiger partial charge in [0.2, 0.25) is 6.54 Å². The van der Waals surface area contributed by atoms with Crippen molar-refractivity contribution >= 4 is 0 Å². The van der Waals surface area contributed by atoms with Gasteiger partial charge in [-0.15, -0.1) is 0 Å². The van der Waals surface area contributed by atoms with Crippen LogP contribution in [0.15, 0.2) is 24.3 Å². The van der Waals surface area contributed by atoms with Crippen molar-refractivity contribution in [2.45, 2.75) is 19.5 Å². The molecule has 1 aromatic carbocycles. The molecule has 1 aromatic rings. The van der Waals surface area contributed by atoms with Crippen LogP contribution in [0.25, 0.3) is 4.85 Å². The van der Waals surface area contributed by atoms with E-state index in [-0.39, 0.29) is 6.54 Å². The summed E-state index contributed by atoms with van der Waals surface area (Å²) in [5, 5.41) is 0. The summed E-state index contributed by atoms with van der Waals surface area (Å²) >= 11 is 0. The van der Waals surface area contributed by atoms with Crippen molar-refractivity contribution < 1.29 is 4.39 Å². The second kappa shape index (κ2) is 4.61. The fraction of sp³-hybridized carbons (Fsp3) is 0.364. The molecule has 0 bridgehead atoms. The maximum Gasteiger partial charge on any atom is 0.217 e. The fourth-order valence-corrected chi connectivity index (χ4v) is 1.12. The third-order valence-electron chi connectivity index (χ3n) is 1.93. The molecule has 0 heterocycles. The average Bonchev–Trinajstić information content (AvgIpc) is 2.15. The number of hydrogen-bond acceptors (Lipinski definition) is 0. The van der Waals surface area contributed by atoms with Crippen LogP contribution in [-0.2, 0) is 0 Å². The summed E-state index contributed by atoms with van der Waals surface area (Å²) in [5.41, 5.74) is 1.80. The van der Waals surface area contributed by atoms with Crippen LogP contribution in [0.5, 0.6) is 0 Å². The number of halogens is 1. The molecule has 1 rings (SSSR count). The molecule has 0 radical (unpaired) electrons. The molecular formula is C11H12FN. The molecule has 1 nitrogen and oxygen atoms in total. The van der Waals surface area contributed by atoms with E-state index in [0.29, 0.717) is 12.0 Å². The predicted octanol–water partition coefficient (Wildman–Crippen LogP) is 3.32. The van der Waals surface area contributed by atoms with Gasteiger partial charge < -0.3 is 4.85 Å². The van der Waals surface area contributed by atoms with Crippen LogP contribution in [-0.4, -0.2) is 6.54 Å². The summed E-state index contributed by atoms with van der Waals surface area (Å²) in [6.45, 7) is 8.78. The number of benzene rings is 1. The standard InChI is InChI=1S/C11H12FN/c1-9-3-5-10(6-4-9)11(12)7-8-13-2/h3-6,11H,7-8H2,1H3. The predicted molar refractivity (Wildman–Crippen MR) is 51.1 cm³/mol. The Hall–Kier alpha value is -1.36. The number of aryl methyl sites for hydroxylation is 1. The van der Waals surface area contributed by atoms with Crippen LogP contribution >= 0.6 is 0 Å². The average molecular weight is 177 g/mol. The highest BCUT2D eigenvalue weighted by Gasteiger charge is 2.09. The lowest BCUT2D eigenvalue weighted by atomic mass is 10.1. The van der Waals surface area contributed by atoms with E-state index >= 15 is 0 Å². The van der Waals surface area contributed by atoms with E-state index in [1.54, 1.807) is 12.1 Å². The molecule has 0 N–H and O–H groups in total. The highest BCUT2D eigenvalue weighted by atomic mass is 19.1. The quantitative estimate of drug-likeness (QED) is 0.624. The van der Waals surface area contributed by atoms with Crippen molar-refractivity contribution in [1.82, 2.24) is 0 Å². The van der Waals surface area contributed by atoms with Gasteiger partial charge in [-0.25, -0.2) is 11.0 Å². The lowest BCUT2D eigenvalue weighted by Gasteiger charge is -2.04. The molecule has 68 valence electrons. The SMILES string of the molecule is [C-]#[N+]CCC(F)c1ccc(C)cc1. The molecule has 0 fully saturated rings. The molecular weight excluding hydrogens is 165 g/mol. The second-order valence-corrected chi connectivity index (χ2v) is 3.05. The Labute approximate surface area is 78.0 Å². The van der Waals surface area contributed by atoms with E-state index in [1.807, 2.05) is 19.1 Å². The van der Waals surface area contributed by atoms with Gasteiger partial charge in [-0.3, -0.25) is 0 Å². The molecule has 2 heteroatoms. The second-order valence-electron chi connectivity index (χ2n) is 3.05. The van der Waals surface area contributed by atoms with E-state index in [1.165, 1.54) is 0 Å². The fourth-order valence-electron chi connectivity index (χ4n) is 1.12. The van der Waals surface area contributed by atoms with Crippen LogP contribution in [0.2, 0.25) is 0 Å².